The summed E-state index contributed by atoms with van der Waals surface area (Å²) in [6.45, 7) is 0. The molecular formula is C19H18F3NO2. The van der Waals surface area contributed by atoms with Gasteiger partial charge in [-0.3, -0.25) is 4.79 Å². The van der Waals surface area contributed by atoms with E-state index in [0.717, 1.165) is 12.8 Å². The molecule has 1 aliphatic carbocycles. The van der Waals surface area contributed by atoms with E-state index in [9.17, 15) is 18.0 Å². The summed E-state index contributed by atoms with van der Waals surface area (Å²) in [4.78, 5) is 14.3. The highest BCUT2D eigenvalue weighted by Gasteiger charge is 2.31. The Balaban J connectivity index is 1.64. The van der Waals surface area contributed by atoms with Crippen LogP contribution in [0.3, 0.4) is 0 Å². The Morgan fingerprint density at radius 2 is 1.84 bits per heavy atom. The van der Waals surface area contributed by atoms with Gasteiger partial charge >= 0.3 is 6.36 Å². The Morgan fingerprint density at radius 1 is 1.16 bits per heavy atom. The van der Waals surface area contributed by atoms with Gasteiger partial charge in [-0.1, -0.05) is 36.4 Å². The van der Waals surface area contributed by atoms with Crippen molar-refractivity contribution >= 4 is 5.91 Å². The van der Waals surface area contributed by atoms with Crippen LogP contribution >= 0.6 is 0 Å². The van der Waals surface area contributed by atoms with Crippen LogP contribution in [0.15, 0.2) is 48.5 Å². The number of benzene rings is 2. The average molecular weight is 349 g/mol. The first-order chi connectivity index (χ1) is 11.8. The second-order valence-corrected chi connectivity index (χ2v) is 6.13. The summed E-state index contributed by atoms with van der Waals surface area (Å²) >= 11 is 0. The molecule has 0 saturated heterocycles. The van der Waals surface area contributed by atoms with E-state index in [1.807, 2.05) is 18.2 Å². The molecular weight excluding hydrogens is 331 g/mol. The number of hydrogen-bond acceptors (Lipinski definition) is 2. The molecule has 25 heavy (non-hydrogen) atoms. The lowest BCUT2D eigenvalue weighted by Gasteiger charge is -2.25. The summed E-state index contributed by atoms with van der Waals surface area (Å²) in [6, 6.07) is 13.5. The van der Waals surface area contributed by atoms with Crippen molar-refractivity contribution in [2.75, 3.05) is 7.05 Å². The minimum absolute atomic E-state index is 0.0523. The molecule has 1 atom stereocenters. The largest absolute Gasteiger partial charge is 0.573 e. The fourth-order valence-electron chi connectivity index (χ4n) is 3.22. The summed E-state index contributed by atoms with van der Waals surface area (Å²) in [6.07, 6.45) is -2.74. The van der Waals surface area contributed by atoms with Crippen LogP contribution in [0, 0.1) is 0 Å². The number of carbonyl (C=O) groups excluding carboxylic acids is 1. The fourth-order valence-corrected chi connectivity index (χ4v) is 3.22. The molecule has 0 aliphatic heterocycles. The number of alkyl halides is 3. The van der Waals surface area contributed by atoms with Crippen molar-refractivity contribution in [2.45, 2.75) is 31.7 Å². The number of hydrogen-bond donors (Lipinski definition) is 0. The number of halogens is 3. The van der Waals surface area contributed by atoms with Crippen molar-refractivity contribution in [3.05, 3.63) is 65.2 Å². The molecule has 0 spiro atoms. The monoisotopic (exact) mass is 349 g/mol. The molecule has 0 fully saturated rings. The van der Waals surface area contributed by atoms with E-state index >= 15 is 0 Å². The third kappa shape index (κ3) is 4.13. The number of nitrogens with zero attached hydrogens (tertiary/aromatic N) is 1. The van der Waals surface area contributed by atoms with Crippen LogP contribution in [0.2, 0.25) is 0 Å². The first-order valence-corrected chi connectivity index (χ1v) is 8.01. The molecule has 0 unspecified atom stereocenters. The molecule has 0 heterocycles. The van der Waals surface area contributed by atoms with Crippen molar-refractivity contribution < 1.29 is 22.7 Å². The molecule has 0 N–H and O–H groups in total. The number of aryl methyl sites for hydroxylation is 1. The topological polar surface area (TPSA) is 29.5 Å². The highest BCUT2D eigenvalue weighted by molar-refractivity contribution is 5.79. The van der Waals surface area contributed by atoms with Crippen LogP contribution in [0.25, 0.3) is 0 Å². The molecule has 0 aromatic heterocycles. The van der Waals surface area contributed by atoms with Gasteiger partial charge in [0, 0.05) is 7.05 Å². The van der Waals surface area contributed by atoms with Crippen molar-refractivity contribution in [3.8, 4) is 5.75 Å². The van der Waals surface area contributed by atoms with Gasteiger partial charge in [-0.15, -0.1) is 13.2 Å². The quantitative estimate of drug-likeness (QED) is 0.825. The van der Waals surface area contributed by atoms with Crippen molar-refractivity contribution in [2.24, 2.45) is 0 Å². The Kier molecular flexibility index (Phi) is 4.70. The highest BCUT2D eigenvalue weighted by atomic mass is 19.4. The molecule has 3 rings (SSSR count). The van der Waals surface area contributed by atoms with Crippen molar-refractivity contribution in [1.82, 2.24) is 4.90 Å². The number of carbonyl (C=O) groups is 1. The second-order valence-electron chi connectivity index (χ2n) is 6.13. The van der Waals surface area contributed by atoms with Crippen LogP contribution < -0.4 is 4.74 Å². The first kappa shape index (κ1) is 17.3. The van der Waals surface area contributed by atoms with Crippen LogP contribution in [-0.4, -0.2) is 24.2 Å². The molecule has 2 aromatic rings. The molecule has 0 radical (unpaired) electrons. The maximum Gasteiger partial charge on any atom is 0.573 e. The van der Waals surface area contributed by atoms with Gasteiger partial charge in [-0.25, -0.2) is 0 Å². The van der Waals surface area contributed by atoms with Crippen molar-refractivity contribution in [1.29, 1.82) is 0 Å². The molecule has 2 aromatic carbocycles. The van der Waals surface area contributed by atoms with Gasteiger partial charge in [0.2, 0.25) is 5.91 Å². The van der Waals surface area contributed by atoms with Gasteiger partial charge < -0.3 is 9.64 Å². The summed E-state index contributed by atoms with van der Waals surface area (Å²) < 4.78 is 40.3. The van der Waals surface area contributed by atoms with E-state index in [-0.39, 0.29) is 24.1 Å². The zero-order chi connectivity index (χ0) is 18.0. The van der Waals surface area contributed by atoms with Crippen LogP contribution in [0.5, 0.6) is 5.75 Å². The van der Waals surface area contributed by atoms with Crippen LogP contribution in [0.1, 0.15) is 29.2 Å². The summed E-state index contributed by atoms with van der Waals surface area (Å²) in [5, 5.41) is 0. The second kappa shape index (κ2) is 6.78. The standard InChI is InChI=1S/C19H18F3NO2/c1-23(17-11-8-14-4-2-3-5-16(14)17)18(24)12-13-6-9-15(10-7-13)25-19(20,21)22/h2-7,9-10,17H,8,11-12H2,1H3/t17-/m1/s1. The molecule has 1 aliphatic rings. The lowest BCUT2D eigenvalue weighted by Crippen LogP contribution is -2.31. The van der Waals surface area contributed by atoms with E-state index in [2.05, 4.69) is 10.8 Å². The van der Waals surface area contributed by atoms with Crippen LogP contribution in [-0.2, 0) is 17.6 Å². The van der Waals surface area contributed by atoms with E-state index < -0.39 is 6.36 Å². The molecule has 3 nitrogen and oxygen atoms in total. The third-order valence-corrected chi connectivity index (χ3v) is 4.47. The maximum absolute atomic E-state index is 12.5. The first-order valence-electron chi connectivity index (χ1n) is 8.01. The van der Waals surface area contributed by atoms with Crippen molar-refractivity contribution in [3.63, 3.8) is 0 Å². The predicted octanol–water partition coefficient (Wildman–Crippen LogP) is 4.27. The van der Waals surface area contributed by atoms with Crippen LogP contribution in [0.4, 0.5) is 13.2 Å². The number of likely N-dealkylation sites (N-methyl/N-ethyl adjacent to an activating group) is 1. The number of ether oxygens (including phenoxy) is 1. The van der Waals surface area contributed by atoms with E-state index in [4.69, 9.17) is 0 Å². The minimum Gasteiger partial charge on any atom is -0.406 e. The lowest BCUT2D eigenvalue weighted by atomic mass is 10.1. The Labute approximate surface area is 144 Å². The Morgan fingerprint density at radius 3 is 2.52 bits per heavy atom. The molecule has 0 bridgehead atoms. The maximum atomic E-state index is 12.5. The Hall–Kier alpha value is -2.50. The van der Waals surface area contributed by atoms with E-state index in [1.54, 1.807) is 11.9 Å². The number of rotatable bonds is 4. The zero-order valence-corrected chi connectivity index (χ0v) is 13.7. The van der Waals surface area contributed by atoms with Gasteiger partial charge in [0.1, 0.15) is 5.75 Å². The number of fused-ring (bicyclic) bond motifs is 1. The smallest absolute Gasteiger partial charge is 0.406 e. The summed E-state index contributed by atoms with van der Waals surface area (Å²) in [7, 11) is 1.77. The average Bonchev–Trinajstić information content (AvgIpc) is 2.98. The Bertz CT molecular complexity index is 756. The van der Waals surface area contributed by atoms with Gasteiger partial charge in [0.15, 0.2) is 0 Å². The summed E-state index contributed by atoms with van der Waals surface area (Å²) in [5.74, 6) is -0.354. The SMILES string of the molecule is CN(C(=O)Cc1ccc(OC(F)(F)F)cc1)[C@@H]1CCc2ccccc21. The predicted molar refractivity (Wildman–Crippen MR) is 87.1 cm³/mol. The molecule has 132 valence electrons. The lowest BCUT2D eigenvalue weighted by molar-refractivity contribution is -0.274. The zero-order valence-electron chi connectivity index (χ0n) is 13.7. The number of amides is 1. The molecule has 0 saturated carbocycles. The normalized spacial score (nSPS) is 16.4. The molecule has 6 heteroatoms. The third-order valence-electron chi connectivity index (χ3n) is 4.47. The summed E-state index contributed by atoms with van der Waals surface area (Å²) in [5.41, 5.74) is 3.09. The fraction of sp³-hybridized carbons (Fsp3) is 0.316. The molecule has 1 amide bonds. The van der Waals surface area contributed by atoms with E-state index in [1.165, 1.54) is 35.4 Å². The minimum atomic E-state index is -4.71. The van der Waals surface area contributed by atoms with Gasteiger partial charge in [0.05, 0.1) is 12.5 Å². The van der Waals surface area contributed by atoms with Gasteiger partial charge in [-0.2, -0.15) is 0 Å². The van der Waals surface area contributed by atoms with Gasteiger partial charge in [0.25, 0.3) is 0 Å². The highest BCUT2D eigenvalue weighted by Crippen LogP contribution is 2.35. The van der Waals surface area contributed by atoms with E-state index in [0.29, 0.717) is 5.56 Å². The van der Waals surface area contributed by atoms with Gasteiger partial charge in [-0.05, 0) is 41.7 Å².